The highest BCUT2D eigenvalue weighted by atomic mass is 32.1. The third-order valence-electron chi connectivity index (χ3n) is 5.83. The summed E-state index contributed by atoms with van der Waals surface area (Å²) in [5.74, 6) is 0.432. The summed E-state index contributed by atoms with van der Waals surface area (Å²) in [5.41, 5.74) is 4.07. The van der Waals surface area contributed by atoms with Crippen LogP contribution in [0.3, 0.4) is 0 Å². The molecular weight excluding hydrogens is 442 g/mol. The van der Waals surface area contributed by atoms with Gasteiger partial charge in [-0.1, -0.05) is 35.9 Å². The Bertz CT molecular complexity index is 1130. The summed E-state index contributed by atoms with van der Waals surface area (Å²) in [6.45, 7) is 2.56. The molecule has 5 atom stereocenters. The van der Waals surface area contributed by atoms with Gasteiger partial charge in [-0.3, -0.25) is 4.98 Å². The lowest BCUT2D eigenvalue weighted by molar-refractivity contribution is -0.0487. The molecule has 4 heterocycles. The predicted molar refractivity (Wildman–Crippen MR) is 124 cm³/mol. The molecular formula is C24H25N3O5S. The van der Waals surface area contributed by atoms with Gasteiger partial charge in [0.05, 0.1) is 23.8 Å². The second kappa shape index (κ2) is 9.30. The number of nitrogens with zero attached hydrogens (tertiary/aromatic N) is 2. The molecule has 9 heteroatoms. The number of amidine groups is 1. The molecule has 0 spiro atoms. The van der Waals surface area contributed by atoms with Crippen molar-refractivity contribution in [2.24, 2.45) is 4.99 Å². The van der Waals surface area contributed by atoms with Crippen molar-refractivity contribution in [2.75, 3.05) is 11.9 Å². The maximum Gasteiger partial charge on any atom is 0.185 e. The zero-order valence-electron chi connectivity index (χ0n) is 18.0. The topological polar surface area (TPSA) is 116 Å². The van der Waals surface area contributed by atoms with E-state index in [-0.39, 0.29) is 6.61 Å². The fourth-order valence-corrected chi connectivity index (χ4v) is 4.97. The summed E-state index contributed by atoms with van der Waals surface area (Å²) in [6.07, 6.45) is -3.07. The first kappa shape index (κ1) is 22.1. The van der Waals surface area contributed by atoms with E-state index < -0.39 is 30.6 Å². The number of anilines is 1. The third-order valence-corrected chi connectivity index (χ3v) is 6.87. The van der Waals surface area contributed by atoms with Crippen molar-refractivity contribution in [3.05, 3.63) is 81.3 Å². The molecule has 1 fully saturated rings. The Labute approximate surface area is 195 Å². The molecule has 0 saturated carbocycles. The minimum absolute atomic E-state index is 0.144. The van der Waals surface area contributed by atoms with Gasteiger partial charge in [0, 0.05) is 11.8 Å². The Kier molecular flexibility index (Phi) is 6.24. The van der Waals surface area contributed by atoms with Gasteiger partial charge in [-0.2, -0.15) is 0 Å². The van der Waals surface area contributed by atoms with E-state index >= 15 is 0 Å². The van der Waals surface area contributed by atoms with Crippen LogP contribution < -0.4 is 5.32 Å². The monoisotopic (exact) mass is 467 g/mol. The van der Waals surface area contributed by atoms with Gasteiger partial charge in [0.15, 0.2) is 12.1 Å². The van der Waals surface area contributed by atoms with Crippen LogP contribution in [0.5, 0.6) is 0 Å². The lowest BCUT2D eigenvalue weighted by Crippen LogP contribution is -2.33. The van der Waals surface area contributed by atoms with Crippen LogP contribution >= 0.6 is 11.3 Å². The quantitative estimate of drug-likeness (QED) is 0.440. The molecule has 2 aliphatic heterocycles. The van der Waals surface area contributed by atoms with Gasteiger partial charge in [-0.05, 0) is 30.0 Å². The van der Waals surface area contributed by atoms with E-state index in [1.807, 2.05) is 42.6 Å². The van der Waals surface area contributed by atoms with Gasteiger partial charge in [0.2, 0.25) is 0 Å². The highest BCUT2D eigenvalue weighted by Crippen LogP contribution is 2.45. The van der Waals surface area contributed by atoms with Crippen molar-refractivity contribution in [3.8, 4) is 0 Å². The van der Waals surface area contributed by atoms with Crippen molar-refractivity contribution >= 4 is 22.9 Å². The minimum Gasteiger partial charge on any atom is -0.387 e. The van der Waals surface area contributed by atoms with E-state index in [1.165, 1.54) is 16.9 Å². The van der Waals surface area contributed by atoms with Crippen molar-refractivity contribution in [1.29, 1.82) is 0 Å². The average molecular weight is 468 g/mol. The largest absolute Gasteiger partial charge is 0.387 e. The van der Waals surface area contributed by atoms with Crippen LogP contribution in [0.4, 0.5) is 5.69 Å². The Balaban J connectivity index is 1.29. The number of aliphatic imine (C=N–C) groups is 1. The molecule has 3 aromatic rings. The Morgan fingerprint density at radius 1 is 1.09 bits per heavy atom. The number of nitrogens with one attached hydrogen (secondary N) is 1. The second-order valence-corrected chi connectivity index (χ2v) is 9.11. The first-order chi connectivity index (χ1) is 16.0. The molecule has 33 heavy (non-hydrogen) atoms. The van der Waals surface area contributed by atoms with Crippen LogP contribution in [-0.4, -0.2) is 51.1 Å². The highest BCUT2D eigenvalue weighted by molar-refractivity contribution is 7.10. The smallest absolute Gasteiger partial charge is 0.185 e. The van der Waals surface area contributed by atoms with E-state index in [0.717, 1.165) is 5.56 Å². The van der Waals surface area contributed by atoms with Crippen LogP contribution in [0.25, 0.3) is 0 Å². The number of aromatic nitrogens is 1. The molecule has 4 N–H and O–H groups in total. The number of aryl methyl sites for hydroxylation is 1. The van der Waals surface area contributed by atoms with Gasteiger partial charge in [0.1, 0.15) is 30.1 Å². The van der Waals surface area contributed by atoms with E-state index in [9.17, 15) is 15.3 Å². The number of aliphatic hydroxyl groups is 3. The fourth-order valence-electron chi connectivity index (χ4n) is 4.01. The lowest BCUT2D eigenvalue weighted by atomic mass is 10.0. The summed E-state index contributed by atoms with van der Waals surface area (Å²) in [6, 6.07) is 13.5. The number of fused-ring (bicyclic) bond motifs is 1. The lowest BCUT2D eigenvalue weighted by Gasteiger charge is -2.22. The predicted octanol–water partition coefficient (Wildman–Crippen LogP) is 2.69. The summed E-state index contributed by atoms with van der Waals surface area (Å²) >= 11 is 1.32. The number of rotatable bonds is 6. The van der Waals surface area contributed by atoms with Crippen LogP contribution in [0.15, 0.2) is 59.0 Å². The summed E-state index contributed by atoms with van der Waals surface area (Å²) < 4.78 is 11.8. The first-order valence-electron chi connectivity index (χ1n) is 10.7. The van der Waals surface area contributed by atoms with Crippen LogP contribution in [0, 0.1) is 6.92 Å². The number of benzene rings is 1. The zero-order chi connectivity index (χ0) is 22.9. The van der Waals surface area contributed by atoms with Crippen molar-refractivity contribution in [2.45, 2.75) is 44.2 Å². The number of hydrogen-bond donors (Lipinski definition) is 4. The molecule has 2 aromatic heterocycles. The van der Waals surface area contributed by atoms with Crippen molar-refractivity contribution in [3.63, 3.8) is 0 Å². The van der Waals surface area contributed by atoms with Gasteiger partial charge in [-0.25, -0.2) is 4.99 Å². The maximum absolute atomic E-state index is 10.7. The number of hydrogen-bond acceptors (Lipinski definition) is 9. The fraction of sp³-hybridized carbons (Fsp3) is 0.333. The molecule has 0 amide bonds. The summed E-state index contributed by atoms with van der Waals surface area (Å²) in [5, 5.41) is 36.9. The normalized spacial score (nSPS) is 26.5. The van der Waals surface area contributed by atoms with Gasteiger partial charge < -0.3 is 30.1 Å². The van der Waals surface area contributed by atoms with Crippen LogP contribution in [0.1, 0.15) is 39.6 Å². The van der Waals surface area contributed by atoms with Crippen LogP contribution in [-0.2, 0) is 16.1 Å². The number of ether oxygens (including phenoxy) is 2. The first-order valence-corrected chi connectivity index (χ1v) is 11.6. The Morgan fingerprint density at radius 2 is 1.91 bits per heavy atom. The summed E-state index contributed by atoms with van der Waals surface area (Å²) in [7, 11) is 0. The summed E-state index contributed by atoms with van der Waals surface area (Å²) in [4.78, 5) is 9.20. The van der Waals surface area contributed by atoms with Gasteiger partial charge >= 0.3 is 0 Å². The van der Waals surface area contributed by atoms with Crippen molar-refractivity contribution < 1.29 is 24.8 Å². The number of aliphatic hydroxyl groups excluding tert-OH is 3. The number of thiophene rings is 1. The molecule has 0 aliphatic carbocycles. The second-order valence-electron chi connectivity index (χ2n) is 8.20. The molecule has 8 nitrogen and oxygen atoms in total. The van der Waals surface area contributed by atoms with E-state index in [2.05, 4.69) is 15.3 Å². The van der Waals surface area contributed by atoms with Crippen LogP contribution in [0.2, 0.25) is 0 Å². The number of pyridine rings is 1. The van der Waals surface area contributed by atoms with Crippen molar-refractivity contribution in [1.82, 2.24) is 4.98 Å². The third kappa shape index (κ3) is 4.43. The minimum atomic E-state index is -1.13. The molecule has 1 aromatic carbocycles. The molecule has 2 aliphatic rings. The molecule has 172 valence electrons. The van der Waals surface area contributed by atoms with Gasteiger partial charge in [0.25, 0.3) is 0 Å². The highest BCUT2D eigenvalue weighted by Gasteiger charge is 2.45. The van der Waals surface area contributed by atoms with E-state index in [1.54, 1.807) is 18.3 Å². The average Bonchev–Trinajstić information content (AvgIpc) is 3.37. The SMILES string of the molecule is Cc1ccc(COC[C@H]2O[C@@H](c3csc4c3NC(c3ccccn3)=NC4O)[C@H](O)[C@@H]2O)cc1. The molecule has 1 saturated heterocycles. The molecule has 0 radical (unpaired) electrons. The standard InChI is InChI=1S/C24H25N3O5S/c1-13-5-7-14(8-6-13)10-31-11-17-19(28)20(29)21(32-17)15-12-33-22-18(15)26-23(27-24(22)30)16-4-2-3-9-25-16/h2-9,12,17,19-21,24,28-30H,10-11H2,1H3,(H,26,27)/t17-,19-,20-,21+,24?/m1/s1. The molecule has 5 rings (SSSR count). The maximum atomic E-state index is 10.7. The van der Waals surface area contributed by atoms with Gasteiger partial charge in [-0.15, -0.1) is 11.3 Å². The molecule has 0 bridgehead atoms. The Hall–Kier alpha value is -2.66. The van der Waals surface area contributed by atoms with E-state index in [4.69, 9.17) is 9.47 Å². The molecule has 1 unspecified atom stereocenters. The Morgan fingerprint density at radius 3 is 2.67 bits per heavy atom. The van der Waals surface area contributed by atoms with E-state index in [0.29, 0.717) is 34.3 Å². The zero-order valence-corrected chi connectivity index (χ0v) is 18.8.